The highest BCUT2D eigenvalue weighted by Crippen LogP contribution is 2.20. The summed E-state index contributed by atoms with van der Waals surface area (Å²) < 4.78 is 13.7. The van der Waals surface area contributed by atoms with Gasteiger partial charge in [0.15, 0.2) is 0 Å². The first-order valence-electron chi connectivity index (χ1n) is 7.16. The lowest BCUT2D eigenvalue weighted by Gasteiger charge is -2.36. The number of nitrogens with zero attached hydrogens (tertiary/aromatic N) is 2. The molecule has 1 heterocycles. The minimum absolute atomic E-state index is 0.0208. The zero-order valence-electron chi connectivity index (χ0n) is 12.1. The lowest BCUT2D eigenvalue weighted by atomic mass is 10.2. The van der Waals surface area contributed by atoms with E-state index in [1.807, 2.05) is 24.8 Å². The number of urea groups is 1. The lowest BCUT2D eigenvalue weighted by Crippen LogP contribution is -2.53. The van der Waals surface area contributed by atoms with E-state index in [4.69, 9.17) is 0 Å². The number of piperazine rings is 1. The molecule has 1 N–H and O–H groups in total. The van der Waals surface area contributed by atoms with E-state index in [2.05, 4.69) is 5.32 Å². The van der Waals surface area contributed by atoms with Crippen LogP contribution in [0.5, 0.6) is 0 Å². The normalized spacial score (nSPS) is 16.9. The van der Waals surface area contributed by atoms with Gasteiger partial charge in [0, 0.05) is 32.2 Å². The smallest absolute Gasteiger partial charge is 0.317 e. The monoisotopic (exact) mass is 279 g/mol. The van der Waals surface area contributed by atoms with Gasteiger partial charge in [0.2, 0.25) is 0 Å². The van der Waals surface area contributed by atoms with Crippen molar-refractivity contribution in [2.24, 2.45) is 0 Å². The molecule has 1 unspecified atom stereocenters. The molecule has 1 aromatic rings. The van der Waals surface area contributed by atoms with Crippen LogP contribution in [-0.4, -0.2) is 43.2 Å². The Morgan fingerprint density at radius 1 is 1.30 bits per heavy atom. The number of hydrogen-bond donors (Lipinski definition) is 1. The number of nitrogens with one attached hydrogen (secondary N) is 1. The maximum atomic E-state index is 13.7. The predicted octanol–water partition coefficient (Wildman–Crippen LogP) is 2.46. The Kier molecular flexibility index (Phi) is 4.82. The molecular formula is C15H22FN3O. The summed E-state index contributed by atoms with van der Waals surface area (Å²) >= 11 is 0. The second-order valence-corrected chi connectivity index (χ2v) is 5.18. The average Bonchev–Trinajstić information content (AvgIpc) is 2.47. The van der Waals surface area contributed by atoms with Crippen molar-refractivity contribution in [2.75, 3.05) is 31.1 Å². The van der Waals surface area contributed by atoms with E-state index in [1.165, 1.54) is 6.07 Å². The highest BCUT2D eigenvalue weighted by Gasteiger charge is 2.23. The summed E-state index contributed by atoms with van der Waals surface area (Å²) in [5, 5.41) is 2.96. The summed E-state index contributed by atoms with van der Waals surface area (Å²) in [5.41, 5.74) is 0.620. The molecule has 5 heteroatoms. The van der Waals surface area contributed by atoms with Crippen LogP contribution in [0.25, 0.3) is 0 Å². The predicted molar refractivity (Wildman–Crippen MR) is 78.5 cm³/mol. The second-order valence-electron chi connectivity index (χ2n) is 5.18. The average molecular weight is 279 g/mol. The number of carbonyl (C=O) groups is 1. The summed E-state index contributed by atoms with van der Waals surface area (Å²) in [6.45, 7) is 6.60. The van der Waals surface area contributed by atoms with Gasteiger partial charge in [-0.05, 0) is 25.5 Å². The third kappa shape index (κ3) is 3.40. The summed E-state index contributed by atoms with van der Waals surface area (Å²) in [5.74, 6) is -0.204. The van der Waals surface area contributed by atoms with Crippen LogP contribution < -0.4 is 10.2 Å². The van der Waals surface area contributed by atoms with E-state index < -0.39 is 0 Å². The molecule has 0 saturated carbocycles. The van der Waals surface area contributed by atoms with Crippen molar-refractivity contribution in [1.29, 1.82) is 0 Å². The Morgan fingerprint density at radius 3 is 2.55 bits per heavy atom. The van der Waals surface area contributed by atoms with Crippen LogP contribution in [0.15, 0.2) is 24.3 Å². The van der Waals surface area contributed by atoms with Gasteiger partial charge in [0.25, 0.3) is 0 Å². The van der Waals surface area contributed by atoms with Crippen molar-refractivity contribution in [1.82, 2.24) is 10.2 Å². The number of carbonyl (C=O) groups excluding carboxylic acids is 1. The number of halogens is 1. The van der Waals surface area contributed by atoms with E-state index in [1.54, 1.807) is 17.0 Å². The molecule has 1 fully saturated rings. The summed E-state index contributed by atoms with van der Waals surface area (Å²) in [6, 6.07) is 6.94. The molecule has 1 aliphatic heterocycles. The first-order chi connectivity index (χ1) is 9.61. The molecule has 0 aromatic heterocycles. The molecule has 20 heavy (non-hydrogen) atoms. The fraction of sp³-hybridized carbons (Fsp3) is 0.533. The molecule has 1 aliphatic rings. The summed E-state index contributed by atoms with van der Waals surface area (Å²) in [6.07, 6.45) is 0.918. The molecule has 4 nitrogen and oxygen atoms in total. The third-order valence-electron chi connectivity index (χ3n) is 3.74. The van der Waals surface area contributed by atoms with Crippen LogP contribution in [0.4, 0.5) is 14.9 Å². The Hall–Kier alpha value is -1.78. The van der Waals surface area contributed by atoms with Crippen molar-refractivity contribution >= 4 is 11.7 Å². The molecule has 0 aliphatic carbocycles. The number of benzene rings is 1. The highest BCUT2D eigenvalue weighted by atomic mass is 19.1. The Labute approximate surface area is 119 Å². The van der Waals surface area contributed by atoms with Gasteiger partial charge < -0.3 is 15.1 Å². The Balaban J connectivity index is 1.89. The van der Waals surface area contributed by atoms with E-state index in [0.29, 0.717) is 31.9 Å². The summed E-state index contributed by atoms with van der Waals surface area (Å²) in [4.78, 5) is 15.8. The molecule has 2 rings (SSSR count). The number of hydrogen-bond acceptors (Lipinski definition) is 2. The van der Waals surface area contributed by atoms with E-state index in [9.17, 15) is 9.18 Å². The molecule has 1 atom stereocenters. The van der Waals surface area contributed by atoms with Gasteiger partial charge in [-0.3, -0.25) is 0 Å². The van der Waals surface area contributed by atoms with Gasteiger partial charge >= 0.3 is 6.03 Å². The standard InChI is InChI=1S/C15H22FN3O/c1-3-12(2)17-15(20)19-10-8-18(9-11-19)14-7-5-4-6-13(14)16/h4-7,12H,3,8-11H2,1-2H3,(H,17,20). The zero-order valence-corrected chi connectivity index (χ0v) is 12.1. The van der Waals surface area contributed by atoms with Crippen molar-refractivity contribution in [3.05, 3.63) is 30.1 Å². The SMILES string of the molecule is CCC(C)NC(=O)N1CCN(c2ccccc2F)CC1. The topological polar surface area (TPSA) is 35.6 Å². The molecular weight excluding hydrogens is 257 g/mol. The van der Waals surface area contributed by atoms with Gasteiger partial charge in [-0.25, -0.2) is 9.18 Å². The van der Waals surface area contributed by atoms with Crippen molar-refractivity contribution < 1.29 is 9.18 Å². The van der Waals surface area contributed by atoms with Gasteiger partial charge in [-0.15, -0.1) is 0 Å². The fourth-order valence-corrected chi connectivity index (χ4v) is 2.26. The van der Waals surface area contributed by atoms with Crippen LogP contribution >= 0.6 is 0 Å². The van der Waals surface area contributed by atoms with Crippen LogP contribution in [0.3, 0.4) is 0 Å². The fourth-order valence-electron chi connectivity index (χ4n) is 2.26. The van der Waals surface area contributed by atoms with Crippen LogP contribution in [-0.2, 0) is 0 Å². The number of amides is 2. The van der Waals surface area contributed by atoms with Crippen molar-refractivity contribution in [2.45, 2.75) is 26.3 Å². The second kappa shape index (κ2) is 6.59. The van der Waals surface area contributed by atoms with Crippen LogP contribution in [0.1, 0.15) is 20.3 Å². The Morgan fingerprint density at radius 2 is 1.95 bits per heavy atom. The maximum Gasteiger partial charge on any atom is 0.317 e. The minimum atomic E-state index is -0.204. The molecule has 0 spiro atoms. The highest BCUT2D eigenvalue weighted by molar-refractivity contribution is 5.74. The lowest BCUT2D eigenvalue weighted by molar-refractivity contribution is 0.190. The molecule has 1 aromatic carbocycles. The van der Waals surface area contributed by atoms with E-state index in [-0.39, 0.29) is 17.9 Å². The molecule has 0 radical (unpaired) electrons. The van der Waals surface area contributed by atoms with Gasteiger partial charge in [0.05, 0.1) is 5.69 Å². The molecule has 0 bridgehead atoms. The first-order valence-corrected chi connectivity index (χ1v) is 7.16. The van der Waals surface area contributed by atoms with Crippen LogP contribution in [0, 0.1) is 5.82 Å². The van der Waals surface area contributed by atoms with Gasteiger partial charge in [-0.1, -0.05) is 19.1 Å². The minimum Gasteiger partial charge on any atom is -0.366 e. The summed E-state index contributed by atoms with van der Waals surface area (Å²) in [7, 11) is 0. The number of anilines is 1. The van der Waals surface area contributed by atoms with Crippen molar-refractivity contribution in [3.8, 4) is 0 Å². The van der Waals surface area contributed by atoms with Crippen molar-refractivity contribution in [3.63, 3.8) is 0 Å². The first kappa shape index (κ1) is 14.6. The van der Waals surface area contributed by atoms with Crippen LogP contribution in [0.2, 0.25) is 0 Å². The maximum absolute atomic E-state index is 13.7. The van der Waals surface area contributed by atoms with Gasteiger partial charge in [0.1, 0.15) is 5.82 Å². The number of para-hydroxylation sites is 1. The third-order valence-corrected chi connectivity index (χ3v) is 3.74. The molecule has 1 saturated heterocycles. The quantitative estimate of drug-likeness (QED) is 0.922. The van der Waals surface area contributed by atoms with Gasteiger partial charge in [-0.2, -0.15) is 0 Å². The van der Waals surface area contributed by atoms with E-state index in [0.717, 1.165) is 6.42 Å². The Bertz CT molecular complexity index is 458. The zero-order chi connectivity index (χ0) is 14.5. The largest absolute Gasteiger partial charge is 0.366 e. The molecule has 2 amide bonds. The molecule has 110 valence electrons. The van der Waals surface area contributed by atoms with E-state index >= 15 is 0 Å². The number of rotatable bonds is 3.